The number of ether oxygens (including phenoxy) is 9. The van der Waals surface area contributed by atoms with E-state index in [1.807, 2.05) is 0 Å². The van der Waals surface area contributed by atoms with Gasteiger partial charge in [-0.05, 0) is 74.2 Å². The number of rotatable bonds is 31. The van der Waals surface area contributed by atoms with Gasteiger partial charge in [-0.15, -0.1) is 17.6 Å². The lowest BCUT2D eigenvalue weighted by Gasteiger charge is -2.30. The maximum absolute atomic E-state index is 14.8. The van der Waals surface area contributed by atoms with Crippen LogP contribution in [0, 0.1) is 5.92 Å². The second kappa shape index (κ2) is 29.1. The van der Waals surface area contributed by atoms with Crippen molar-refractivity contribution >= 4 is 25.4 Å². The summed E-state index contributed by atoms with van der Waals surface area (Å²) in [6, 6.07) is 7.06. The van der Waals surface area contributed by atoms with Gasteiger partial charge in [0.15, 0.2) is 35.3 Å². The minimum atomic E-state index is -6.06. The topological polar surface area (TPSA) is 146 Å². The van der Waals surface area contributed by atoms with Gasteiger partial charge in [-0.1, -0.05) is 6.92 Å². The molecule has 0 spiro atoms. The lowest BCUT2D eigenvalue weighted by molar-refractivity contribution is -0.355. The van der Waals surface area contributed by atoms with E-state index in [-0.39, 0.29) is 48.6 Å². The molecule has 0 fully saturated rings. The zero-order chi connectivity index (χ0) is 59.7. The third-order valence-corrected chi connectivity index (χ3v) is 12.9. The van der Waals surface area contributed by atoms with Crippen LogP contribution in [0.4, 0.5) is 92.2 Å². The average molecular weight is 1210 g/mol. The molecule has 0 saturated heterocycles. The van der Waals surface area contributed by atoms with Gasteiger partial charge in [0.05, 0.1) is 72.7 Å². The van der Waals surface area contributed by atoms with Crippen molar-refractivity contribution in [2.24, 2.45) is 5.92 Å². The summed E-state index contributed by atoms with van der Waals surface area (Å²) in [6.45, 7) is -6.12. The quantitative estimate of drug-likeness (QED) is 0.0436. The van der Waals surface area contributed by atoms with Crippen LogP contribution in [0.1, 0.15) is 20.8 Å². The van der Waals surface area contributed by atoms with Gasteiger partial charge >= 0.3 is 49.0 Å². The van der Waals surface area contributed by atoms with Crippen molar-refractivity contribution in [3.63, 3.8) is 0 Å². The molecule has 77 heavy (non-hydrogen) atoms. The molecule has 0 aromatic heterocycles. The number of hydrogen-bond donors (Lipinski definition) is 1. The van der Waals surface area contributed by atoms with Crippen molar-refractivity contribution in [2.45, 2.75) is 104 Å². The second-order valence-corrected chi connectivity index (χ2v) is 20.2. The third-order valence-electron chi connectivity index (χ3n) is 9.13. The standard InChI is InChI=1S/C40H50F17NO12S2.CF4/c1-25(21-72(60,61)31-12-8-29(9-13-31)67-23-35(42,40(55,56)57)70-20-33(38(49,50)51)68-24-36(43,44)45)16-63-14-15-64-18-27(3)65-17-26(2)58-71(5,59)30-10-6-28(7-11-30)66-22-34(41,39(52,53)54)69-19-32(62-4)37(46,47)48;2-1(3,4)5/h6-13,25-27,32-33H,5,14-24H2,1-4H3,(H,58,59);. The summed E-state index contributed by atoms with van der Waals surface area (Å²) in [7, 11) is -6.82. The number of benzene rings is 2. The molecule has 36 heteroatoms. The van der Waals surface area contributed by atoms with Crippen LogP contribution in [-0.2, 0) is 52.7 Å². The fourth-order valence-electron chi connectivity index (χ4n) is 5.36. The Hall–Kier alpha value is -3.78. The molecule has 2 rings (SSSR count). The molecule has 0 heterocycles. The fraction of sp³-hybridized carbons (Fsp3) is 0.683. The molecule has 0 aliphatic carbocycles. The molecular formula is C41H50F21NO12S2. The molecule has 0 saturated carbocycles. The Bertz CT molecular complexity index is 2240. The number of methoxy groups -OCH3 is 1. The summed E-state index contributed by atoms with van der Waals surface area (Å²) in [5, 5.41) is 0. The van der Waals surface area contributed by atoms with Crippen molar-refractivity contribution in [3.05, 3.63) is 48.5 Å². The molecule has 0 radical (unpaired) electrons. The van der Waals surface area contributed by atoms with Gasteiger partial charge in [0, 0.05) is 18.0 Å². The van der Waals surface area contributed by atoms with Gasteiger partial charge in [-0.2, -0.15) is 74.6 Å². The van der Waals surface area contributed by atoms with Gasteiger partial charge < -0.3 is 42.6 Å². The van der Waals surface area contributed by atoms with Crippen LogP contribution in [0.25, 0.3) is 0 Å². The first-order valence-electron chi connectivity index (χ1n) is 21.2. The Morgan fingerprint density at radius 2 is 0.935 bits per heavy atom. The van der Waals surface area contributed by atoms with Crippen molar-refractivity contribution in [2.75, 3.05) is 78.9 Å². The molecule has 0 aliphatic rings. The summed E-state index contributed by atoms with van der Waals surface area (Å²) in [4.78, 5) is -0.334. The van der Waals surface area contributed by atoms with Crippen LogP contribution in [0.2, 0.25) is 0 Å². The van der Waals surface area contributed by atoms with Gasteiger partial charge in [0.2, 0.25) is 0 Å². The van der Waals surface area contributed by atoms with E-state index in [0.717, 1.165) is 48.5 Å². The van der Waals surface area contributed by atoms with Crippen molar-refractivity contribution in [1.82, 2.24) is 4.72 Å². The van der Waals surface area contributed by atoms with Crippen LogP contribution in [0.5, 0.6) is 11.5 Å². The molecule has 8 unspecified atom stereocenters. The highest BCUT2D eigenvalue weighted by Crippen LogP contribution is 2.39. The Balaban J connectivity index is 0.00000564. The molecule has 1 N–H and O–H groups in total. The molecule has 0 amide bonds. The molecule has 2 aromatic carbocycles. The summed E-state index contributed by atoms with van der Waals surface area (Å²) in [5.74, 6) is -8.15. The highest BCUT2D eigenvalue weighted by Gasteiger charge is 2.61. The lowest BCUT2D eigenvalue weighted by Crippen LogP contribution is -2.51. The first-order chi connectivity index (χ1) is 34.7. The maximum atomic E-state index is 14.8. The highest BCUT2D eigenvalue weighted by molar-refractivity contribution is 7.98. The fourth-order valence-corrected chi connectivity index (χ4v) is 8.38. The van der Waals surface area contributed by atoms with Crippen LogP contribution < -0.4 is 14.2 Å². The minimum absolute atomic E-state index is 0.00876. The summed E-state index contributed by atoms with van der Waals surface area (Å²) >= 11 is 0. The van der Waals surface area contributed by atoms with E-state index in [0.29, 0.717) is 7.11 Å². The Kier molecular flexibility index (Phi) is 26.9. The van der Waals surface area contributed by atoms with E-state index in [1.165, 1.54) is 6.92 Å². The first-order valence-corrected chi connectivity index (χ1v) is 24.6. The summed E-state index contributed by atoms with van der Waals surface area (Å²) in [5.41, 5.74) is 0. The van der Waals surface area contributed by atoms with Crippen LogP contribution in [-0.4, -0.2) is 171 Å². The van der Waals surface area contributed by atoms with Crippen LogP contribution in [0.15, 0.2) is 58.3 Å². The van der Waals surface area contributed by atoms with E-state index in [2.05, 4.69) is 34.3 Å². The molecular weight excluding hydrogens is 1160 g/mol. The van der Waals surface area contributed by atoms with Crippen LogP contribution in [0.3, 0.4) is 0 Å². The zero-order valence-electron chi connectivity index (χ0n) is 40.1. The van der Waals surface area contributed by atoms with Gasteiger partial charge in [0.1, 0.15) is 18.1 Å². The molecule has 450 valence electrons. The van der Waals surface area contributed by atoms with E-state index < -0.39 is 143 Å². The Labute approximate surface area is 425 Å². The van der Waals surface area contributed by atoms with Gasteiger partial charge in [-0.3, -0.25) is 0 Å². The number of nitrogens with one attached hydrogen (secondary N) is 1. The van der Waals surface area contributed by atoms with Gasteiger partial charge in [0.25, 0.3) is 0 Å². The van der Waals surface area contributed by atoms with E-state index >= 15 is 0 Å². The summed E-state index contributed by atoms with van der Waals surface area (Å²) < 4.78 is 347. The number of halogens is 21. The molecule has 8 atom stereocenters. The molecule has 0 aliphatic heterocycles. The lowest BCUT2D eigenvalue weighted by atomic mass is 10.2. The van der Waals surface area contributed by atoms with Crippen LogP contribution >= 0.6 is 0 Å². The number of alkyl halides is 21. The summed E-state index contributed by atoms with van der Waals surface area (Å²) in [6.07, 6.45) is -40.5. The maximum Gasteiger partial charge on any atom is 0.559 e. The SMILES string of the molecule is C=S(=O)(NC(C)COC(C)COCCOCC(C)CS(=O)(=O)c1ccc(OCC(F)(OCC(OCC(F)(F)F)C(F)(F)F)C(F)(F)F)cc1)c1ccc(OCC(F)(OCC(OC)C(F)(F)F)C(F)(F)F)cc1.FC(F)(F)F. The molecule has 0 bridgehead atoms. The third kappa shape index (κ3) is 27.3. The smallest absolute Gasteiger partial charge is 0.487 e. The van der Waals surface area contributed by atoms with Crippen molar-refractivity contribution in [3.8, 4) is 11.5 Å². The largest absolute Gasteiger partial charge is 0.559 e. The Morgan fingerprint density at radius 3 is 1.32 bits per heavy atom. The van der Waals surface area contributed by atoms with Crippen molar-refractivity contribution < 1.29 is 147 Å². The predicted octanol–water partition coefficient (Wildman–Crippen LogP) is 10.0. The zero-order valence-corrected chi connectivity index (χ0v) is 41.8. The van der Waals surface area contributed by atoms with Crippen molar-refractivity contribution in [1.29, 1.82) is 0 Å². The molecule has 2 aromatic rings. The number of hydrogen-bond acceptors (Lipinski definition) is 12. The van der Waals surface area contributed by atoms with E-state index in [9.17, 15) is 105 Å². The number of sulfone groups is 1. The average Bonchev–Trinajstić information content (AvgIpc) is 3.25. The minimum Gasteiger partial charge on any atom is -0.487 e. The monoisotopic (exact) mass is 1210 g/mol. The normalized spacial score (nSPS) is 17.6. The Morgan fingerprint density at radius 1 is 0.532 bits per heavy atom. The second-order valence-electron chi connectivity index (χ2n) is 16.1. The predicted molar refractivity (Wildman–Crippen MR) is 226 cm³/mol. The van der Waals surface area contributed by atoms with E-state index in [1.54, 1.807) is 13.8 Å². The highest BCUT2D eigenvalue weighted by atomic mass is 32.2. The van der Waals surface area contributed by atoms with E-state index in [4.69, 9.17) is 18.9 Å². The van der Waals surface area contributed by atoms with Gasteiger partial charge in [-0.25, -0.2) is 17.3 Å². The first kappa shape index (κ1) is 71.2. The molecule has 13 nitrogen and oxygen atoms in total.